The summed E-state index contributed by atoms with van der Waals surface area (Å²) in [6.07, 6.45) is 0.711. The maximum Gasteiger partial charge on any atom is 0.243 e. The molecule has 0 fully saturated rings. The number of rotatable bonds is 8. The third-order valence-corrected chi connectivity index (χ3v) is 6.63. The number of nitrogens with one attached hydrogen (secondary N) is 1. The van der Waals surface area contributed by atoms with Crippen molar-refractivity contribution in [2.24, 2.45) is 0 Å². The highest BCUT2D eigenvalue weighted by atomic mass is 32.2. The van der Waals surface area contributed by atoms with Gasteiger partial charge in [-0.25, -0.2) is 8.42 Å². The number of carbonyl (C=O) groups is 1. The Morgan fingerprint density at radius 3 is 2.29 bits per heavy atom. The lowest BCUT2D eigenvalue weighted by Crippen LogP contribution is -2.39. The molecule has 0 aliphatic rings. The minimum atomic E-state index is -3.76. The molecule has 0 heterocycles. The van der Waals surface area contributed by atoms with Crippen molar-refractivity contribution in [1.82, 2.24) is 9.62 Å². The van der Waals surface area contributed by atoms with E-state index in [1.54, 1.807) is 12.1 Å². The van der Waals surface area contributed by atoms with E-state index in [4.69, 9.17) is 4.74 Å². The van der Waals surface area contributed by atoms with E-state index in [9.17, 15) is 13.2 Å². The molecule has 0 radical (unpaired) electrons. The molecule has 152 valence electrons. The zero-order valence-corrected chi connectivity index (χ0v) is 17.8. The van der Waals surface area contributed by atoms with E-state index in [0.717, 1.165) is 15.4 Å². The van der Waals surface area contributed by atoms with Crippen LogP contribution in [-0.4, -0.2) is 39.3 Å². The van der Waals surface area contributed by atoms with Gasteiger partial charge in [0.2, 0.25) is 15.9 Å². The predicted molar refractivity (Wildman–Crippen MR) is 110 cm³/mol. The van der Waals surface area contributed by atoms with Crippen molar-refractivity contribution in [3.63, 3.8) is 0 Å². The summed E-state index contributed by atoms with van der Waals surface area (Å²) >= 11 is 0. The zero-order chi connectivity index (χ0) is 20.9. The highest BCUT2D eigenvalue weighted by Gasteiger charge is 2.24. The number of amides is 1. The Labute approximate surface area is 167 Å². The van der Waals surface area contributed by atoms with E-state index in [0.29, 0.717) is 12.2 Å². The van der Waals surface area contributed by atoms with Gasteiger partial charge in [0.15, 0.2) is 0 Å². The van der Waals surface area contributed by atoms with Crippen molar-refractivity contribution < 1.29 is 17.9 Å². The molecule has 0 aromatic heterocycles. The van der Waals surface area contributed by atoms with Gasteiger partial charge in [-0.05, 0) is 61.2 Å². The molecule has 1 amide bonds. The van der Waals surface area contributed by atoms with Crippen LogP contribution in [0.4, 0.5) is 0 Å². The van der Waals surface area contributed by atoms with E-state index in [1.165, 1.54) is 31.9 Å². The van der Waals surface area contributed by atoms with Crippen molar-refractivity contribution in [1.29, 1.82) is 0 Å². The fourth-order valence-electron chi connectivity index (χ4n) is 2.86. The lowest BCUT2D eigenvalue weighted by atomic mass is 9.99. The van der Waals surface area contributed by atoms with Crippen LogP contribution in [0, 0.1) is 13.8 Å². The number of nitrogens with zero attached hydrogens (tertiary/aromatic N) is 1. The highest BCUT2D eigenvalue weighted by molar-refractivity contribution is 7.89. The molecular formula is C21H28N2O4S. The number of aryl methyl sites for hydroxylation is 2. The molecule has 0 aliphatic heterocycles. The standard InChI is InChI=1S/C21H28N2O4S/c1-6-20(17-8-7-15(2)16(3)13-17)22-21(24)14-23(4)28(25,26)19-11-9-18(27-5)10-12-19/h7-13,20H,6,14H2,1-5H3,(H,22,24). The SMILES string of the molecule is CCC(NC(=O)CN(C)S(=O)(=O)c1ccc(OC)cc1)c1ccc(C)c(C)c1. The lowest BCUT2D eigenvalue weighted by molar-refractivity contribution is -0.121. The fourth-order valence-corrected chi connectivity index (χ4v) is 3.98. The zero-order valence-electron chi connectivity index (χ0n) is 17.0. The van der Waals surface area contributed by atoms with Crippen LogP contribution in [0.2, 0.25) is 0 Å². The molecule has 2 aromatic rings. The summed E-state index contributed by atoms with van der Waals surface area (Å²) in [6.45, 7) is 5.80. The summed E-state index contributed by atoms with van der Waals surface area (Å²) in [4.78, 5) is 12.6. The van der Waals surface area contributed by atoms with E-state index in [1.807, 2.05) is 32.9 Å². The Morgan fingerprint density at radius 2 is 1.75 bits per heavy atom. The number of hydrogen-bond acceptors (Lipinski definition) is 4. The second-order valence-electron chi connectivity index (χ2n) is 6.81. The molecule has 1 N–H and O–H groups in total. The molecule has 7 heteroatoms. The van der Waals surface area contributed by atoms with Crippen LogP contribution in [0.5, 0.6) is 5.75 Å². The molecule has 2 rings (SSSR count). The van der Waals surface area contributed by atoms with Gasteiger partial charge >= 0.3 is 0 Å². The van der Waals surface area contributed by atoms with E-state index in [2.05, 4.69) is 11.4 Å². The average molecular weight is 405 g/mol. The Hall–Kier alpha value is -2.38. The van der Waals surface area contributed by atoms with Crippen LogP contribution in [0.15, 0.2) is 47.4 Å². The molecule has 2 aromatic carbocycles. The van der Waals surface area contributed by atoms with E-state index >= 15 is 0 Å². The quantitative estimate of drug-likeness (QED) is 0.733. The summed E-state index contributed by atoms with van der Waals surface area (Å²) in [5, 5.41) is 2.94. The minimum Gasteiger partial charge on any atom is -0.497 e. The predicted octanol–water partition coefficient (Wildman–Crippen LogP) is 3.20. The molecular weight excluding hydrogens is 376 g/mol. The first-order valence-corrected chi connectivity index (χ1v) is 10.6. The molecule has 0 aliphatic carbocycles. The smallest absolute Gasteiger partial charge is 0.243 e. The van der Waals surface area contributed by atoms with Crippen molar-refractivity contribution in [3.05, 3.63) is 59.2 Å². The van der Waals surface area contributed by atoms with E-state index in [-0.39, 0.29) is 23.4 Å². The number of methoxy groups -OCH3 is 1. The van der Waals surface area contributed by atoms with Gasteiger partial charge < -0.3 is 10.1 Å². The molecule has 28 heavy (non-hydrogen) atoms. The van der Waals surface area contributed by atoms with Crippen LogP contribution in [0.3, 0.4) is 0 Å². The van der Waals surface area contributed by atoms with Gasteiger partial charge in [0.1, 0.15) is 5.75 Å². The minimum absolute atomic E-state index is 0.116. The number of hydrogen-bond donors (Lipinski definition) is 1. The van der Waals surface area contributed by atoms with Gasteiger partial charge in [-0.3, -0.25) is 4.79 Å². The highest BCUT2D eigenvalue weighted by Crippen LogP contribution is 2.21. The number of carbonyl (C=O) groups excluding carboxylic acids is 1. The third kappa shape index (κ3) is 5.11. The van der Waals surface area contributed by atoms with Crippen LogP contribution in [0.1, 0.15) is 36.1 Å². The maximum absolute atomic E-state index is 12.7. The second-order valence-corrected chi connectivity index (χ2v) is 8.85. The summed E-state index contributed by atoms with van der Waals surface area (Å²) in [7, 11) is -0.849. The van der Waals surface area contributed by atoms with Crippen LogP contribution in [0.25, 0.3) is 0 Å². The van der Waals surface area contributed by atoms with Crippen LogP contribution >= 0.6 is 0 Å². The number of sulfonamides is 1. The normalized spacial score (nSPS) is 12.6. The van der Waals surface area contributed by atoms with Crippen molar-refractivity contribution >= 4 is 15.9 Å². The fraction of sp³-hybridized carbons (Fsp3) is 0.381. The second kappa shape index (κ2) is 9.21. The van der Waals surface area contributed by atoms with Gasteiger partial charge in [-0.15, -0.1) is 0 Å². The van der Waals surface area contributed by atoms with Gasteiger partial charge in [0.05, 0.1) is 24.6 Å². The van der Waals surface area contributed by atoms with Crippen molar-refractivity contribution in [2.75, 3.05) is 20.7 Å². The topological polar surface area (TPSA) is 75.7 Å². The number of likely N-dealkylation sites (N-methyl/N-ethyl adjacent to an activating group) is 1. The maximum atomic E-state index is 12.7. The Bertz CT molecular complexity index is 924. The number of ether oxygens (including phenoxy) is 1. The van der Waals surface area contributed by atoms with Crippen LogP contribution < -0.4 is 10.1 Å². The first kappa shape index (κ1) is 21.9. The van der Waals surface area contributed by atoms with E-state index < -0.39 is 10.0 Å². The van der Waals surface area contributed by atoms with Gasteiger partial charge in [0, 0.05) is 7.05 Å². The Morgan fingerprint density at radius 1 is 1.11 bits per heavy atom. The molecule has 1 atom stereocenters. The van der Waals surface area contributed by atoms with Gasteiger partial charge in [0.25, 0.3) is 0 Å². The molecule has 0 saturated heterocycles. The third-order valence-electron chi connectivity index (χ3n) is 4.81. The summed E-state index contributed by atoms with van der Waals surface area (Å²) < 4.78 is 31.5. The summed E-state index contributed by atoms with van der Waals surface area (Å²) in [6, 6.07) is 12.0. The molecule has 6 nitrogen and oxygen atoms in total. The molecule has 0 saturated carbocycles. The van der Waals surface area contributed by atoms with Gasteiger partial charge in [-0.1, -0.05) is 25.1 Å². The Kier molecular flexibility index (Phi) is 7.21. The average Bonchev–Trinajstić information content (AvgIpc) is 2.68. The first-order chi connectivity index (χ1) is 13.2. The number of benzene rings is 2. The molecule has 1 unspecified atom stereocenters. The van der Waals surface area contributed by atoms with Gasteiger partial charge in [-0.2, -0.15) is 4.31 Å². The molecule has 0 bridgehead atoms. The van der Waals surface area contributed by atoms with Crippen molar-refractivity contribution in [3.8, 4) is 5.75 Å². The Balaban J connectivity index is 2.08. The van der Waals surface area contributed by atoms with Crippen molar-refractivity contribution in [2.45, 2.75) is 38.1 Å². The largest absolute Gasteiger partial charge is 0.497 e. The monoisotopic (exact) mass is 404 g/mol. The first-order valence-electron chi connectivity index (χ1n) is 9.16. The summed E-state index contributed by atoms with van der Waals surface area (Å²) in [5.74, 6) is 0.225. The lowest BCUT2D eigenvalue weighted by Gasteiger charge is -2.21. The molecule has 0 spiro atoms. The van der Waals surface area contributed by atoms with Crippen LogP contribution in [-0.2, 0) is 14.8 Å². The summed E-state index contributed by atoms with van der Waals surface area (Å²) in [5.41, 5.74) is 3.36.